The molecule has 0 atom stereocenters. The maximum Gasteiger partial charge on any atom is 0.269 e. The molecule has 0 aliphatic carbocycles. The second-order valence-corrected chi connectivity index (χ2v) is 9.22. The van der Waals surface area contributed by atoms with Crippen molar-refractivity contribution in [1.82, 2.24) is 14.9 Å². The van der Waals surface area contributed by atoms with E-state index in [-0.39, 0.29) is 17.2 Å². The summed E-state index contributed by atoms with van der Waals surface area (Å²) in [6, 6.07) is 23.5. The van der Waals surface area contributed by atoms with Crippen molar-refractivity contribution in [2.24, 2.45) is 0 Å². The summed E-state index contributed by atoms with van der Waals surface area (Å²) in [6.07, 6.45) is 1.55. The van der Waals surface area contributed by atoms with Gasteiger partial charge in [-0.05, 0) is 36.1 Å². The molecule has 1 amide bonds. The van der Waals surface area contributed by atoms with Crippen LogP contribution in [0.25, 0.3) is 10.9 Å². The molecule has 0 aliphatic heterocycles. The number of nitro benzene ring substituents is 1. The molecule has 0 fully saturated rings. The molecule has 4 aromatic rings. The summed E-state index contributed by atoms with van der Waals surface area (Å²) in [5, 5.41) is 15.1. The number of thioether (sulfide) groups is 1. The summed E-state index contributed by atoms with van der Waals surface area (Å²) in [4.78, 5) is 40.9. The SMILES string of the molecule is O=C(CCCn1c(SCc2cccc([N+](=O)[O-])c2)nc2ccccc2c1=O)NCCc1ccccc1. The largest absolute Gasteiger partial charge is 0.356 e. The predicted octanol–water partition coefficient (Wildman–Crippen LogP) is 4.74. The first-order valence-electron chi connectivity index (χ1n) is 11.7. The van der Waals surface area contributed by atoms with Gasteiger partial charge in [0.1, 0.15) is 0 Å². The summed E-state index contributed by atoms with van der Waals surface area (Å²) in [5.74, 6) is 0.366. The highest BCUT2D eigenvalue weighted by Crippen LogP contribution is 2.24. The molecule has 0 radical (unpaired) electrons. The van der Waals surface area contributed by atoms with E-state index in [1.807, 2.05) is 42.5 Å². The molecule has 0 saturated heterocycles. The van der Waals surface area contributed by atoms with E-state index in [0.29, 0.717) is 47.7 Å². The second-order valence-electron chi connectivity index (χ2n) is 8.27. The Balaban J connectivity index is 1.42. The van der Waals surface area contributed by atoms with Crippen molar-refractivity contribution in [2.45, 2.75) is 36.7 Å². The zero-order chi connectivity index (χ0) is 25.3. The molecule has 36 heavy (non-hydrogen) atoms. The van der Waals surface area contributed by atoms with Crippen molar-refractivity contribution in [3.63, 3.8) is 0 Å². The predicted molar refractivity (Wildman–Crippen MR) is 141 cm³/mol. The van der Waals surface area contributed by atoms with Crippen molar-refractivity contribution in [3.05, 3.63) is 110 Å². The molecule has 0 aliphatic rings. The topological polar surface area (TPSA) is 107 Å². The number of amides is 1. The minimum Gasteiger partial charge on any atom is -0.356 e. The molecular weight excluding hydrogens is 476 g/mol. The molecule has 9 heteroatoms. The number of aromatic nitrogens is 2. The van der Waals surface area contributed by atoms with E-state index >= 15 is 0 Å². The maximum atomic E-state index is 13.2. The highest BCUT2D eigenvalue weighted by Gasteiger charge is 2.13. The Labute approximate surface area is 212 Å². The van der Waals surface area contributed by atoms with Crippen molar-refractivity contribution in [1.29, 1.82) is 0 Å². The number of non-ortho nitro benzene ring substituents is 1. The van der Waals surface area contributed by atoms with E-state index in [1.54, 1.807) is 28.8 Å². The molecule has 1 N–H and O–H groups in total. The number of benzene rings is 3. The van der Waals surface area contributed by atoms with Crippen LogP contribution in [0.3, 0.4) is 0 Å². The zero-order valence-corrected chi connectivity index (χ0v) is 20.4. The summed E-state index contributed by atoms with van der Waals surface area (Å²) in [7, 11) is 0. The van der Waals surface area contributed by atoms with Gasteiger partial charge in [0.25, 0.3) is 11.2 Å². The Bertz CT molecular complexity index is 1420. The third-order valence-corrected chi connectivity index (χ3v) is 6.73. The fourth-order valence-corrected chi connectivity index (χ4v) is 4.81. The monoisotopic (exact) mass is 502 g/mol. The van der Waals surface area contributed by atoms with Gasteiger partial charge in [0.15, 0.2) is 5.16 Å². The highest BCUT2D eigenvalue weighted by atomic mass is 32.2. The molecule has 4 rings (SSSR count). The number of hydrogen-bond acceptors (Lipinski definition) is 6. The van der Waals surface area contributed by atoms with Crippen LogP contribution in [0.5, 0.6) is 0 Å². The molecule has 0 unspecified atom stereocenters. The molecule has 1 aromatic heterocycles. The third kappa shape index (κ3) is 6.57. The van der Waals surface area contributed by atoms with E-state index in [9.17, 15) is 19.7 Å². The summed E-state index contributed by atoms with van der Waals surface area (Å²) < 4.78 is 1.60. The van der Waals surface area contributed by atoms with Crippen LogP contribution >= 0.6 is 11.8 Å². The first-order chi connectivity index (χ1) is 17.5. The van der Waals surface area contributed by atoms with E-state index in [4.69, 9.17) is 0 Å². The van der Waals surface area contributed by atoms with Crippen LogP contribution in [-0.4, -0.2) is 26.9 Å². The lowest BCUT2D eigenvalue weighted by Gasteiger charge is -2.13. The zero-order valence-electron chi connectivity index (χ0n) is 19.6. The van der Waals surface area contributed by atoms with E-state index in [1.165, 1.54) is 23.9 Å². The first kappa shape index (κ1) is 25.1. The Morgan fingerprint density at radius 3 is 2.56 bits per heavy atom. The first-order valence-corrected chi connectivity index (χ1v) is 12.7. The number of carbonyl (C=O) groups excluding carboxylic acids is 1. The lowest BCUT2D eigenvalue weighted by Crippen LogP contribution is -2.27. The highest BCUT2D eigenvalue weighted by molar-refractivity contribution is 7.98. The van der Waals surface area contributed by atoms with Crippen LogP contribution in [0, 0.1) is 10.1 Å². The van der Waals surface area contributed by atoms with Crippen LogP contribution in [0.4, 0.5) is 5.69 Å². The fourth-order valence-electron chi connectivity index (χ4n) is 3.84. The number of para-hydroxylation sites is 1. The normalized spacial score (nSPS) is 10.9. The second kappa shape index (κ2) is 12.1. The van der Waals surface area contributed by atoms with Gasteiger partial charge in [-0.3, -0.25) is 24.3 Å². The molecule has 0 saturated carbocycles. The van der Waals surface area contributed by atoms with Crippen LogP contribution in [0.15, 0.2) is 88.8 Å². The van der Waals surface area contributed by atoms with Gasteiger partial charge >= 0.3 is 0 Å². The average Bonchev–Trinajstić information content (AvgIpc) is 2.89. The molecule has 0 spiro atoms. The van der Waals surface area contributed by atoms with Crippen molar-refractivity contribution in [3.8, 4) is 0 Å². The summed E-state index contributed by atoms with van der Waals surface area (Å²) in [5.41, 5.74) is 2.39. The number of rotatable bonds is 11. The number of fused-ring (bicyclic) bond motifs is 1. The molecular formula is C27H26N4O4S. The smallest absolute Gasteiger partial charge is 0.269 e. The van der Waals surface area contributed by atoms with E-state index in [2.05, 4.69) is 10.3 Å². The number of nitro groups is 1. The van der Waals surface area contributed by atoms with Gasteiger partial charge < -0.3 is 5.32 Å². The van der Waals surface area contributed by atoms with Crippen LogP contribution in [0.2, 0.25) is 0 Å². The molecule has 3 aromatic carbocycles. The number of hydrogen-bond donors (Lipinski definition) is 1. The van der Waals surface area contributed by atoms with Crippen molar-refractivity contribution >= 4 is 34.3 Å². The maximum absolute atomic E-state index is 13.2. The number of carbonyl (C=O) groups is 1. The van der Waals surface area contributed by atoms with Gasteiger partial charge in [-0.1, -0.05) is 66.4 Å². The van der Waals surface area contributed by atoms with Crippen LogP contribution in [-0.2, 0) is 23.5 Å². The van der Waals surface area contributed by atoms with Gasteiger partial charge in [-0.2, -0.15) is 0 Å². The van der Waals surface area contributed by atoms with Crippen molar-refractivity contribution < 1.29 is 9.72 Å². The Kier molecular flexibility index (Phi) is 8.46. The van der Waals surface area contributed by atoms with E-state index in [0.717, 1.165) is 17.5 Å². The Morgan fingerprint density at radius 1 is 1.00 bits per heavy atom. The fraction of sp³-hybridized carbons (Fsp3) is 0.222. The Morgan fingerprint density at radius 2 is 1.75 bits per heavy atom. The lowest BCUT2D eigenvalue weighted by atomic mass is 10.1. The molecule has 0 bridgehead atoms. The van der Waals surface area contributed by atoms with Crippen molar-refractivity contribution in [2.75, 3.05) is 6.54 Å². The van der Waals surface area contributed by atoms with Gasteiger partial charge in [0.05, 0.1) is 15.8 Å². The Hall–Kier alpha value is -3.98. The lowest BCUT2D eigenvalue weighted by molar-refractivity contribution is -0.384. The average molecular weight is 503 g/mol. The standard InChI is InChI=1S/C27H26N4O4S/c32-25(28-16-15-20-8-2-1-3-9-20)14-7-17-30-26(33)23-12-4-5-13-24(23)29-27(30)36-19-21-10-6-11-22(18-21)31(34)35/h1-6,8-13,18H,7,14-17,19H2,(H,28,32). The minimum absolute atomic E-state index is 0.0234. The third-order valence-electron chi connectivity index (χ3n) is 5.68. The van der Waals surface area contributed by atoms with Gasteiger partial charge in [-0.25, -0.2) is 4.98 Å². The quantitative estimate of drug-likeness (QED) is 0.137. The molecule has 8 nitrogen and oxygen atoms in total. The van der Waals surface area contributed by atoms with Crippen LogP contribution < -0.4 is 10.9 Å². The summed E-state index contributed by atoms with van der Waals surface area (Å²) >= 11 is 1.35. The van der Waals surface area contributed by atoms with Crippen LogP contribution in [0.1, 0.15) is 24.0 Å². The molecule has 184 valence electrons. The number of nitrogens with one attached hydrogen (secondary N) is 1. The number of nitrogens with zero attached hydrogens (tertiary/aromatic N) is 3. The van der Waals surface area contributed by atoms with Gasteiger partial charge in [0, 0.05) is 37.4 Å². The van der Waals surface area contributed by atoms with Gasteiger partial charge in [0.2, 0.25) is 5.91 Å². The minimum atomic E-state index is -0.427. The summed E-state index contributed by atoms with van der Waals surface area (Å²) in [6.45, 7) is 0.907. The van der Waals surface area contributed by atoms with E-state index < -0.39 is 4.92 Å². The molecule has 1 heterocycles. The van der Waals surface area contributed by atoms with Gasteiger partial charge in [-0.15, -0.1) is 0 Å².